The fraction of sp³-hybridized carbons (Fsp3) is 0.591. The summed E-state index contributed by atoms with van der Waals surface area (Å²) in [7, 11) is 0. The first-order valence-electron chi connectivity index (χ1n) is 9.62. The van der Waals surface area contributed by atoms with E-state index in [4.69, 9.17) is 4.74 Å². The summed E-state index contributed by atoms with van der Waals surface area (Å²) in [5.74, 6) is 0.706. The Hall–Kier alpha value is -1.81. The van der Waals surface area contributed by atoms with Gasteiger partial charge in [-0.2, -0.15) is 0 Å². The van der Waals surface area contributed by atoms with E-state index in [1.54, 1.807) is 0 Å². The first-order chi connectivity index (χ1) is 12.2. The molecule has 4 heteroatoms. The molecule has 0 bridgehead atoms. The maximum atomic E-state index is 12.1. The summed E-state index contributed by atoms with van der Waals surface area (Å²) in [4.78, 5) is 14.6. The zero-order chi connectivity index (χ0) is 19.2. The van der Waals surface area contributed by atoms with Crippen molar-refractivity contribution < 1.29 is 9.53 Å². The van der Waals surface area contributed by atoms with Crippen LogP contribution < -0.4 is 10.1 Å². The Morgan fingerprint density at radius 3 is 2.35 bits per heavy atom. The van der Waals surface area contributed by atoms with Crippen molar-refractivity contribution in [3.63, 3.8) is 0 Å². The van der Waals surface area contributed by atoms with E-state index >= 15 is 0 Å². The van der Waals surface area contributed by atoms with Crippen molar-refractivity contribution >= 4 is 5.91 Å². The summed E-state index contributed by atoms with van der Waals surface area (Å²) in [6.45, 7) is 14.0. The van der Waals surface area contributed by atoms with Crippen LogP contribution in [0.2, 0.25) is 0 Å². The summed E-state index contributed by atoms with van der Waals surface area (Å²) >= 11 is 0. The van der Waals surface area contributed by atoms with Crippen molar-refractivity contribution in [3.8, 4) is 5.75 Å². The van der Waals surface area contributed by atoms with Crippen molar-refractivity contribution in [2.75, 3.05) is 26.2 Å². The van der Waals surface area contributed by atoms with Gasteiger partial charge in [0.05, 0.1) is 0 Å². The van der Waals surface area contributed by atoms with Crippen molar-refractivity contribution in [2.24, 2.45) is 0 Å². The number of carbonyl (C=O) groups is 1. The molecule has 0 atom stereocenters. The molecule has 4 nitrogen and oxygen atoms in total. The minimum absolute atomic E-state index is 0.0346. The van der Waals surface area contributed by atoms with Gasteiger partial charge in [-0.05, 0) is 49.8 Å². The summed E-state index contributed by atoms with van der Waals surface area (Å²) < 4.78 is 5.63. The van der Waals surface area contributed by atoms with E-state index < -0.39 is 0 Å². The maximum absolute atomic E-state index is 12.1. The van der Waals surface area contributed by atoms with E-state index in [1.165, 1.54) is 11.1 Å². The quantitative estimate of drug-likeness (QED) is 0.784. The van der Waals surface area contributed by atoms with Gasteiger partial charge >= 0.3 is 0 Å². The lowest BCUT2D eigenvalue weighted by Gasteiger charge is -2.31. The molecule has 144 valence electrons. The first-order valence-corrected chi connectivity index (χ1v) is 9.62. The maximum Gasteiger partial charge on any atom is 0.258 e. The van der Waals surface area contributed by atoms with E-state index in [0.717, 1.165) is 38.2 Å². The van der Waals surface area contributed by atoms with Crippen LogP contribution in [0.3, 0.4) is 0 Å². The van der Waals surface area contributed by atoms with Crippen LogP contribution in [0.1, 0.15) is 53.0 Å². The molecule has 1 aliphatic heterocycles. The molecule has 1 N–H and O–H groups in total. The standard InChI is InChI=1S/C22H34N2O2/c1-17(2)10-13-24-14-11-19(12-15-24)23-21(25)16-26-20-8-6-18(7-9-20)22(3,4)5/h6-10,19H,11-16H2,1-5H3,(H,23,25). The van der Waals surface area contributed by atoms with Crippen molar-refractivity contribution in [2.45, 2.75) is 58.9 Å². The Labute approximate surface area is 158 Å². The number of nitrogens with one attached hydrogen (secondary N) is 1. The predicted octanol–water partition coefficient (Wildman–Crippen LogP) is 3.91. The SMILES string of the molecule is CC(C)=CCN1CCC(NC(=O)COc2ccc(C(C)(C)C)cc2)CC1. The average Bonchev–Trinajstić information content (AvgIpc) is 2.59. The molecule has 0 aromatic heterocycles. The van der Waals surface area contributed by atoms with Crippen molar-refractivity contribution in [1.29, 1.82) is 0 Å². The van der Waals surface area contributed by atoms with Crippen LogP contribution in [-0.2, 0) is 10.2 Å². The highest BCUT2D eigenvalue weighted by Gasteiger charge is 2.20. The number of likely N-dealkylation sites (tertiary alicyclic amines) is 1. The van der Waals surface area contributed by atoms with E-state index in [1.807, 2.05) is 12.1 Å². The molecule has 1 heterocycles. The highest BCUT2D eigenvalue weighted by molar-refractivity contribution is 5.77. The smallest absolute Gasteiger partial charge is 0.258 e. The lowest BCUT2D eigenvalue weighted by molar-refractivity contribution is -0.124. The molecular weight excluding hydrogens is 324 g/mol. The van der Waals surface area contributed by atoms with Crippen LogP contribution in [0.4, 0.5) is 0 Å². The largest absolute Gasteiger partial charge is 0.484 e. The van der Waals surface area contributed by atoms with Crippen LogP contribution in [0.5, 0.6) is 5.75 Å². The van der Waals surface area contributed by atoms with Crippen LogP contribution in [0, 0.1) is 0 Å². The molecule has 1 aromatic rings. The minimum Gasteiger partial charge on any atom is -0.484 e. The number of hydrogen-bond acceptors (Lipinski definition) is 3. The zero-order valence-electron chi connectivity index (χ0n) is 17.0. The molecule has 1 aromatic carbocycles. The van der Waals surface area contributed by atoms with E-state index in [9.17, 15) is 4.79 Å². The van der Waals surface area contributed by atoms with Crippen LogP contribution in [-0.4, -0.2) is 43.1 Å². The third-order valence-corrected chi connectivity index (χ3v) is 4.80. The van der Waals surface area contributed by atoms with Crippen molar-refractivity contribution in [3.05, 3.63) is 41.5 Å². The second-order valence-corrected chi connectivity index (χ2v) is 8.49. The third kappa shape index (κ3) is 6.83. The van der Waals surface area contributed by atoms with Gasteiger partial charge in [0.15, 0.2) is 6.61 Å². The first kappa shape index (κ1) is 20.5. The highest BCUT2D eigenvalue weighted by Crippen LogP contribution is 2.24. The average molecular weight is 359 g/mol. The van der Waals surface area contributed by atoms with Gasteiger partial charge in [0.25, 0.3) is 5.91 Å². The fourth-order valence-electron chi connectivity index (χ4n) is 3.04. The normalized spacial score (nSPS) is 16.2. The van der Waals surface area contributed by atoms with Gasteiger partial charge in [0.1, 0.15) is 5.75 Å². The van der Waals surface area contributed by atoms with Gasteiger partial charge in [-0.3, -0.25) is 9.69 Å². The van der Waals surface area contributed by atoms with Gasteiger partial charge in [0, 0.05) is 25.7 Å². The lowest BCUT2D eigenvalue weighted by Crippen LogP contribution is -2.45. The molecular formula is C22H34N2O2. The number of piperidine rings is 1. The van der Waals surface area contributed by atoms with Crippen molar-refractivity contribution in [1.82, 2.24) is 10.2 Å². The molecule has 0 radical (unpaired) electrons. The summed E-state index contributed by atoms with van der Waals surface area (Å²) in [6, 6.07) is 8.27. The molecule has 2 rings (SSSR count). The van der Waals surface area contributed by atoms with Gasteiger partial charge in [-0.15, -0.1) is 0 Å². The number of carbonyl (C=O) groups excluding carboxylic acids is 1. The van der Waals surface area contributed by atoms with Gasteiger partial charge in [-0.1, -0.05) is 44.6 Å². The fourth-order valence-corrected chi connectivity index (χ4v) is 3.04. The molecule has 0 spiro atoms. The minimum atomic E-state index is -0.0346. The second kappa shape index (κ2) is 9.22. The molecule has 0 unspecified atom stereocenters. The number of allylic oxidation sites excluding steroid dienone is 1. The number of nitrogens with zero attached hydrogens (tertiary/aromatic N) is 1. The molecule has 26 heavy (non-hydrogen) atoms. The van der Waals surface area contributed by atoms with E-state index in [2.05, 4.69) is 63.0 Å². The van der Waals surface area contributed by atoms with Gasteiger partial charge < -0.3 is 10.1 Å². The Morgan fingerprint density at radius 1 is 1.19 bits per heavy atom. The molecule has 1 aliphatic rings. The Balaban J connectivity index is 1.70. The second-order valence-electron chi connectivity index (χ2n) is 8.49. The highest BCUT2D eigenvalue weighted by atomic mass is 16.5. The monoisotopic (exact) mass is 358 g/mol. The van der Waals surface area contributed by atoms with E-state index in [-0.39, 0.29) is 24.0 Å². The summed E-state index contributed by atoms with van der Waals surface area (Å²) in [6.07, 6.45) is 4.27. The number of rotatable bonds is 6. The number of benzene rings is 1. The molecule has 1 fully saturated rings. The summed E-state index contributed by atoms with van der Waals surface area (Å²) in [5.41, 5.74) is 2.73. The number of amides is 1. The number of hydrogen-bond donors (Lipinski definition) is 1. The van der Waals surface area contributed by atoms with E-state index in [0.29, 0.717) is 0 Å². The van der Waals surface area contributed by atoms with Gasteiger partial charge in [-0.25, -0.2) is 0 Å². The molecule has 0 aliphatic carbocycles. The Morgan fingerprint density at radius 2 is 1.81 bits per heavy atom. The van der Waals surface area contributed by atoms with Gasteiger partial charge in [0.2, 0.25) is 0 Å². The molecule has 0 saturated carbocycles. The summed E-state index contributed by atoms with van der Waals surface area (Å²) in [5, 5.41) is 3.10. The Bertz CT molecular complexity index is 602. The molecule has 1 saturated heterocycles. The predicted molar refractivity (Wildman–Crippen MR) is 108 cm³/mol. The van der Waals surface area contributed by atoms with Crippen LogP contribution in [0.15, 0.2) is 35.9 Å². The topological polar surface area (TPSA) is 41.6 Å². The van der Waals surface area contributed by atoms with Crippen LogP contribution in [0.25, 0.3) is 0 Å². The third-order valence-electron chi connectivity index (χ3n) is 4.80. The molecule has 1 amide bonds. The Kier molecular flexibility index (Phi) is 7.27. The lowest BCUT2D eigenvalue weighted by atomic mass is 9.87. The van der Waals surface area contributed by atoms with Crippen LogP contribution >= 0.6 is 0 Å². The number of ether oxygens (including phenoxy) is 1. The zero-order valence-corrected chi connectivity index (χ0v) is 17.0.